The van der Waals surface area contributed by atoms with E-state index in [9.17, 15) is 9.59 Å². The summed E-state index contributed by atoms with van der Waals surface area (Å²) >= 11 is 0. The van der Waals surface area contributed by atoms with E-state index in [1.54, 1.807) is 0 Å². The van der Waals surface area contributed by atoms with Crippen LogP contribution in [0, 0.1) is 0 Å². The third-order valence-electron chi connectivity index (χ3n) is 6.53. The van der Waals surface area contributed by atoms with Gasteiger partial charge in [0.15, 0.2) is 0 Å². The standard InChI is InChI=1S/C30H50O3/c1-3-5-7-9-11-13-15-17-22-26-29(31)33-30(32)28(27-23-19-18-20-24-27)25-21-16-14-12-10-8-6-4-2/h18-20,23-24,28H,3-17,21-22,25-26H2,1-2H3. The first kappa shape index (κ1) is 29.4. The van der Waals surface area contributed by atoms with Gasteiger partial charge in [0.05, 0.1) is 5.92 Å². The third kappa shape index (κ3) is 15.8. The van der Waals surface area contributed by atoms with Gasteiger partial charge in [0.1, 0.15) is 0 Å². The Morgan fingerprint density at radius 2 is 1.09 bits per heavy atom. The summed E-state index contributed by atoms with van der Waals surface area (Å²) < 4.78 is 5.28. The Kier molecular flexibility index (Phi) is 18.6. The summed E-state index contributed by atoms with van der Waals surface area (Å²) in [7, 11) is 0. The van der Waals surface area contributed by atoms with E-state index in [0.29, 0.717) is 6.42 Å². The number of ether oxygens (including phenoxy) is 1. The predicted octanol–water partition coefficient (Wildman–Crippen LogP) is 9.29. The van der Waals surface area contributed by atoms with Gasteiger partial charge in [-0.25, -0.2) is 0 Å². The Morgan fingerprint density at radius 1 is 0.636 bits per heavy atom. The zero-order valence-electron chi connectivity index (χ0n) is 21.6. The molecule has 0 fully saturated rings. The largest absolute Gasteiger partial charge is 0.393 e. The first-order chi connectivity index (χ1) is 16.2. The summed E-state index contributed by atoms with van der Waals surface area (Å²) in [5.74, 6) is -1.07. The second kappa shape index (κ2) is 20.9. The Morgan fingerprint density at radius 3 is 1.61 bits per heavy atom. The fourth-order valence-electron chi connectivity index (χ4n) is 4.40. The van der Waals surface area contributed by atoms with Gasteiger partial charge in [-0.2, -0.15) is 0 Å². The lowest BCUT2D eigenvalue weighted by atomic mass is 9.93. The molecule has 1 atom stereocenters. The van der Waals surface area contributed by atoms with Crippen molar-refractivity contribution in [3.8, 4) is 0 Å². The van der Waals surface area contributed by atoms with Crippen LogP contribution >= 0.6 is 0 Å². The fraction of sp³-hybridized carbons (Fsp3) is 0.733. The van der Waals surface area contributed by atoms with Gasteiger partial charge in [-0.3, -0.25) is 9.59 Å². The van der Waals surface area contributed by atoms with Crippen LogP contribution in [-0.4, -0.2) is 11.9 Å². The molecule has 0 amide bonds. The Balaban J connectivity index is 2.29. The van der Waals surface area contributed by atoms with Crippen LogP contribution in [0.5, 0.6) is 0 Å². The topological polar surface area (TPSA) is 43.4 Å². The second-order valence-electron chi connectivity index (χ2n) is 9.60. The van der Waals surface area contributed by atoms with Crippen molar-refractivity contribution in [3.63, 3.8) is 0 Å². The minimum atomic E-state index is -0.370. The zero-order valence-corrected chi connectivity index (χ0v) is 21.6. The maximum absolute atomic E-state index is 12.8. The van der Waals surface area contributed by atoms with Gasteiger partial charge in [-0.05, 0) is 18.4 Å². The van der Waals surface area contributed by atoms with E-state index in [4.69, 9.17) is 4.74 Å². The van der Waals surface area contributed by atoms with Crippen molar-refractivity contribution in [2.45, 2.75) is 142 Å². The van der Waals surface area contributed by atoms with Crippen molar-refractivity contribution in [2.24, 2.45) is 0 Å². The molecule has 1 rings (SSSR count). The summed E-state index contributed by atoms with van der Waals surface area (Å²) in [5.41, 5.74) is 0.960. The first-order valence-corrected chi connectivity index (χ1v) is 14.0. The van der Waals surface area contributed by atoms with Crippen molar-refractivity contribution in [1.29, 1.82) is 0 Å². The Bertz CT molecular complexity index is 596. The highest BCUT2D eigenvalue weighted by atomic mass is 16.6. The molecule has 0 aliphatic rings. The van der Waals surface area contributed by atoms with E-state index >= 15 is 0 Å². The van der Waals surface area contributed by atoms with Crippen LogP contribution in [0.2, 0.25) is 0 Å². The highest BCUT2D eigenvalue weighted by Gasteiger charge is 2.24. The SMILES string of the molecule is CCCCCCCCCCCC(=O)OC(=O)C(CCCCCCCCCC)c1ccccc1. The molecule has 188 valence electrons. The van der Waals surface area contributed by atoms with E-state index in [1.165, 1.54) is 83.5 Å². The van der Waals surface area contributed by atoms with E-state index in [-0.39, 0.29) is 17.9 Å². The summed E-state index contributed by atoms with van der Waals surface area (Å²) in [4.78, 5) is 25.1. The van der Waals surface area contributed by atoms with E-state index in [1.807, 2.05) is 30.3 Å². The Hall–Kier alpha value is -1.64. The van der Waals surface area contributed by atoms with Crippen molar-refractivity contribution >= 4 is 11.9 Å². The maximum atomic E-state index is 12.8. The molecule has 0 bridgehead atoms. The summed E-state index contributed by atoms with van der Waals surface area (Å²) in [6.07, 6.45) is 21.8. The molecule has 0 heterocycles. The smallest absolute Gasteiger partial charge is 0.321 e. The first-order valence-electron chi connectivity index (χ1n) is 14.0. The number of esters is 2. The van der Waals surface area contributed by atoms with Crippen molar-refractivity contribution in [2.75, 3.05) is 0 Å². The van der Waals surface area contributed by atoms with Crippen LogP contribution in [0.3, 0.4) is 0 Å². The van der Waals surface area contributed by atoms with Crippen LogP contribution < -0.4 is 0 Å². The monoisotopic (exact) mass is 458 g/mol. The molecule has 33 heavy (non-hydrogen) atoms. The van der Waals surface area contributed by atoms with Crippen LogP contribution in [0.4, 0.5) is 0 Å². The summed E-state index contributed by atoms with van der Waals surface area (Å²) in [6, 6.07) is 9.81. The molecule has 0 saturated heterocycles. The molecule has 3 heteroatoms. The van der Waals surface area contributed by atoms with Crippen molar-refractivity contribution < 1.29 is 14.3 Å². The molecule has 0 aliphatic heterocycles. The van der Waals surface area contributed by atoms with E-state index < -0.39 is 0 Å². The quantitative estimate of drug-likeness (QED) is 0.105. The van der Waals surface area contributed by atoms with Crippen LogP contribution in [0.25, 0.3) is 0 Å². The van der Waals surface area contributed by atoms with Crippen LogP contribution in [0.15, 0.2) is 30.3 Å². The van der Waals surface area contributed by atoms with Gasteiger partial charge >= 0.3 is 11.9 Å². The lowest BCUT2D eigenvalue weighted by Crippen LogP contribution is -2.20. The minimum absolute atomic E-state index is 0.335. The molecule has 0 aliphatic carbocycles. The molecule has 3 nitrogen and oxygen atoms in total. The van der Waals surface area contributed by atoms with E-state index in [0.717, 1.165) is 37.7 Å². The number of hydrogen-bond donors (Lipinski definition) is 0. The van der Waals surface area contributed by atoms with E-state index in [2.05, 4.69) is 13.8 Å². The molecule has 0 aromatic heterocycles. The van der Waals surface area contributed by atoms with Crippen molar-refractivity contribution in [3.05, 3.63) is 35.9 Å². The summed E-state index contributed by atoms with van der Waals surface area (Å²) in [5, 5.41) is 0. The predicted molar refractivity (Wildman–Crippen MR) is 139 cm³/mol. The average Bonchev–Trinajstić information content (AvgIpc) is 2.82. The number of carbonyl (C=O) groups excluding carboxylic acids is 2. The summed E-state index contributed by atoms with van der Waals surface area (Å²) in [6.45, 7) is 4.48. The lowest BCUT2D eigenvalue weighted by molar-refractivity contribution is -0.161. The van der Waals surface area contributed by atoms with Crippen LogP contribution in [0.1, 0.15) is 147 Å². The number of carbonyl (C=O) groups is 2. The second-order valence-corrected chi connectivity index (χ2v) is 9.60. The molecule has 0 radical (unpaired) electrons. The molecular weight excluding hydrogens is 408 g/mol. The lowest BCUT2D eigenvalue weighted by Gasteiger charge is -2.16. The zero-order chi connectivity index (χ0) is 24.0. The Labute approximate surface area is 204 Å². The van der Waals surface area contributed by atoms with Gasteiger partial charge < -0.3 is 4.74 Å². The maximum Gasteiger partial charge on any atom is 0.321 e. The van der Waals surface area contributed by atoms with Crippen molar-refractivity contribution in [1.82, 2.24) is 0 Å². The number of benzene rings is 1. The number of hydrogen-bond acceptors (Lipinski definition) is 3. The molecule has 1 aromatic carbocycles. The highest BCUT2D eigenvalue weighted by Crippen LogP contribution is 2.25. The minimum Gasteiger partial charge on any atom is -0.393 e. The molecule has 0 spiro atoms. The van der Waals surface area contributed by atoms with Gasteiger partial charge in [-0.15, -0.1) is 0 Å². The highest BCUT2D eigenvalue weighted by molar-refractivity contribution is 5.89. The number of rotatable bonds is 21. The molecule has 1 aromatic rings. The average molecular weight is 459 g/mol. The fourth-order valence-corrected chi connectivity index (χ4v) is 4.40. The third-order valence-corrected chi connectivity index (χ3v) is 6.53. The van der Waals surface area contributed by atoms with Gasteiger partial charge in [0.25, 0.3) is 0 Å². The molecule has 0 saturated carbocycles. The van der Waals surface area contributed by atoms with Gasteiger partial charge in [-0.1, -0.05) is 147 Å². The molecule has 0 N–H and O–H groups in total. The normalized spacial score (nSPS) is 11.9. The molecular formula is C30H50O3. The van der Waals surface area contributed by atoms with Gasteiger partial charge in [0.2, 0.25) is 0 Å². The number of unbranched alkanes of at least 4 members (excludes halogenated alkanes) is 15. The van der Waals surface area contributed by atoms with Crippen LogP contribution in [-0.2, 0) is 14.3 Å². The molecule has 1 unspecified atom stereocenters. The van der Waals surface area contributed by atoms with Gasteiger partial charge in [0, 0.05) is 6.42 Å².